The number of phosphoric ester groups is 1. The number of carbonyl (C=O) groups is 2. The molecule has 324 valence electrons. The van der Waals surface area contributed by atoms with Crippen molar-refractivity contribution in [1.82, 2.24) is 0 Å². The lowest BCUT2D eigenvalue weighted by molar-refractivity contribution is -0.870. The van der Waals surface area contributed by atoms with Crippen molar-refractivity contribution in [3.8, 4) is 0 Å². The second kappa shape index (κ2) is 35.6. The number of carbonyl (C=O) groups excluding carboxylic acids is 2. The Balaban J connectivity index is 4.53. The Morgan fingerprint density at radius 1 is 0.564 bits per heavy atom. The minimum atomic E-state index is -4.42. The Morgan fingerprint density at radius 3 is 1.36 bits per heavy atom. The normalized spacial score (nSPS) is 14.4. The SMILES string of the molecule is CCCCCCCCC/C=C\CCCCCCC(=O)OC[C@](C)(COP(=O)(O)OCC[N+](C)(C)C)OC(=O)CCCCCC/C=C/CCCCCCCCC. The molecule has 0 saturated carbocycles. The smallest absolute Gasteiger partial charge is 0.461 e. The average molecular weight is 801 g/mol. The van der Waals surface area contributed by atoms with Crippen molar-refractivity contribution in [2.45, 2.75) is 206 Å². The molecular weight excluding hydrogens is 713 g/mol. The van der Waals surface area contributed by atoms with Crippen LogP contribution in [0.2, 0.25) is 0 Å². The van der Waals surface area contributed by atoms with Crippen LogP contribution in [-0.4, -0.2) is 74.4 Å². The molecule has 0 aliphatic heterocycles. The highest BCUT2D eigenvalue weighted by atomic mass is 31.2. The first-order valence-corrected chi connectivity index (χ1v) is 23.9. The van der Waals surface area contributed by atoms with E-state index in [1.165, 1.54) is 89.9 Å². The van der Waals surface area contributed by atoms with Gasteiger partial charge in [0.25, 0.3) is 0 Å². The maximum absolute atomic E-state index is 12.9. The molecule has 0 aromatic carbocycles. The minimum absolute atomic E-state index is 0.0211. The fourth-order valence-corrected chi connectivity index (χ4v) is 6.92. The Kier molecular flexibility index (Phi) is 34.7. The van der Waals surface area contributed by atoms with E-state index in [0.717, 1.165) is 64.2 Å². The molecule has 0 saturated heterocycles. The van der Waals surface area contributed by atoms with E-state index in [2.05, 4.69) is 38.2 Å². The van der Waals surface area contributed by atoms with Crippen LogP contribution >= 0.6 is 7.82 Å². The Labute approximate surface area is 339 Å². The van der Waals surface area contributed by atoms with Crippen LogP contribution in [0.15, 0.2) is 24.3 Å². The van der Waals surface area contributed by atoms with Crippen LogP contribution < -0.4 is 0 Å². The van der Waals surface area contributed by atoms with Gasteiger partial charge in [0.2, 0.25) is 0 Å². The summed E-state index contributed by atoms with van der Waals surface area (Å²) in [6.45, 7) is 5.87. The molecule has 0 rings (SSSR count). The van der Waals surface area contributed by atoms with Crippen molar-refractivity contribution < 1.29 is 42.1 Å². The fraction of sp³-hybridized carbons (Fsp3) is 0.867. The number of unbranched alkanes of at least 4 members (excludes halogenated alkanes) is 22. The molecule has 55 heavy (non-hydrogen) atoms. The maximum atomic E-state index is 12.9. The van der Waals surface area contributed by atoms with Crippen molar-refractivity contribution in [3.05, 3.63) is 24.3 Å². The summed E-state index contributed by atoms with van der Waals surface area (Å²) in [6, 6.07) is 0. The van der Waals surface area contributed by atoms with Crippen molar-refractivity contribution in [1.29, 1.82) is 0 Å². The molecule has 0 spiro atoms. The molecule has 0 aromatic heterocycles. The van der Waals surface area contributed by atoms with Crippen LogP contribution in [0.1, 0.15) is 201 Å². The van der Waals surface area contributed by atoms with Gasteiger partial charge < -0.3 is 18.9 Å². The van der Waals surface area contributed by atoms with E-state index in [1.54, 1.807) is 6.92 Å². The molecule has 2 atom stereocenters. The number of ether oxygens (including phenoxy) is 2. The maximum Gasteiger partial charge on any atom is 0.472 e. The molecule has 1 unspecified atom stereocenters. The summed E-state index contributed by atoms with van der Waals surface area (Å²) in [4.78, 5) is 35.8. The first-order valence-electron chi connectivity index (χ1n) is 22.4. The molecular formula is C45H87NO8P+. The predicted molar refractivity (Wildman–Crippen MR) is 229 cm³/mol. The first kappa shape index (κ1) is 53.5. The van der Waals surface area contributed by atoms with Gasteiger partial charge in [-0.2, -0.15) is 0 Å². The lowest BCUT2D eigenvalue weighted by Crippen LogP contribution is -2.42. The summed E-state index contributed by atoms with van der Waals surface area (Å²) in [5, 5.41) is 0. The number of rotatable bonds is 40. The first-order chi connectivity index (χ1) is 26.3. The topological polar surface area (TPSA) is 108 Å². The van der Waals surface area contributed by atoms with Crippen LogP contribution in [0.5, 0.6) is 0 Å². The summed E-state index contributed by atoms with van der Waals surface area (Å²) < 4.78 is 34.8. The van der Waals surface area contributed by atoms with Gasteiger partial charge in [0.15, 0.2) is 5.60 Å². The van der Waals surface area contributed by atoms with Gasteiger partial charge in [-0.1, -0.05) is 141 Å². The second-order valence-electron chi connectivity index (χ2n) is 16.8. The third-order valence-electron chi connectivity index (χ3n) is 9.73. The number of phosphoric acid groups is 1. The molecule has 1 N–H and O–H groups in total. The summed E-state index contributed by atoms with van der Waals surface area (Å²) in [7, 11) is 1.43. The van der Waals surface area contributed by atoms with E-state index < -0.39 is 26.0 Å². The Bertz CT molecular complexity index is 1030. The van der Waals surface area contributed by atoms with Gasteiger partial charge in [0, 0.05) is 12.8 Å². The van der Waals surface area contributed by atoms with Crippen molar-refractivity contribution in [3.63, 3.8) is 0 Å². The largest absolute Gasteiger partial charge is 0.472 e. The number of hydrogen-bond acceptors (Lipinski definition) is 7. The van der Waals surface area contributed by atoms with E-state index in [-0.39, 0.29) is 32.0 Å². The molecule has 0 aromatic rings. The van der Waals surface area contributed by atoms with E-state index in [9.17, 15) is 19.0 Å². The highest BCUT2D eigenvalue weighted by Crippen LogP contribution is 2.44. The zero-order valence-electron chi connectivity index (χ0n) is 36.6. The van der Waals surface area contributed by atoms with Crippen LogP contribution in [-0.2, 0) is 32.7 Å². The molecule has 0 fully saturated rings. The molecule has 0 amide bonds. The third kappa shape index (κ3) is 39.1. The quantitative estimate of drug-likeness (QED) is 0.0215. The van der Waals surface area contributed by atoms with Crippen LogP contribution in [0.4, 0.5) is 0 Å². The van der Waals surface area contributed by atoms with Gasteiger partial charge in [-0.25, -0.2) is 4.57 Å². The van der Waals surface area contributed by atoms with Gasteiger partial charge in [-0.15, -0.1) is 0 Å². The van der Waals surface area contributed by atoms with Gasteiger partial charge in [-0.3, -0.25) is 18.6 Å². The van der Waals surface area contributed by atoms with Crippen molar-refractivity contribution in [2.75, 3.05) is 47.5 Å². The third-order valence-corrected chi connectivity index (χ3v) is 10.7. The Morgan fingerprint density at radius 2 is 0.945 bits per heavy atom. The Hall–Kier alpha value is -1.51. The van der Waals surface area contributed by atoms with Gasteiger partial charge in [-0.05, 0) is 71.1 Å². The second-order valence-corrected chi connectivity index (χ2v) is 18.3. The minimum Gasteiger partial charge on any atom is -0.461 e. The molecule has 0 aliphatic rings. The summed E-state index contributed by atoms with van der Waals surface area (Å²) in [5.41, 5.74) is -1.43. The van der Waals surface area contributed by atoms with Gasteiger partial charge in [0.1, 0.15) is 26.4 Å². The number of quaternary nitrogens is 1. The molecule has 10 heteroatoms. The van der Waals surface area contributed by atoms with Crippen molar-refractivity contribution >= 4 is 19.8 Å². The van der Waals surface area contributed by atoms with E-state index in [0.29, 0.717) is 23.9 Å². The summed E-state index contributed by atoms with van der Waals surface area (Å²) in [5.74, 6) is -0.841. The number of likely N-dealkylation sites (N-methyl/N-ethyl adjacent to an activating group) is 1. The molecule has 0 bridgehead atoms. The van der Waals surface area contributed by atoms with E-state index in [1.807, 2.05) is 21.1 Å². The van der Waals surface area contributed by atoms with Crippen LogP contribution in [0.3, 0.4) is 0 Å². The lowest BCUT2D eigenvalue weighted by Gasteiger charge is -2.30. The number of nitrogens with zero attached hydrogens (tertiary/aromatic N) is 1. The highest BCUT2D eigenvalue weighted by Gasteiger charge is 2.35. The summed E-state index contributed by atoms with van der Waals surface area (Å²) >= 11 is 0. The standard InChI is InChI=1S/C45H86NO8P/c1-7-9-11-13-15-17-19-21-23-25-27-29-31-33-35-37-43(47)51-41-45(3,42-53-55(49,50)52-40-39-46(4,5)6)54-44(48)38-36-34-32-30-28-26-24-22-20-18-16-14-12-10-8-2/h23-26H,7-22,27-42H2,1-6H3/p+1/b25-23-,26-24+/t45-/m1/s1. The number of hydrogen-bond donors (Lipinski definition) is 1. The van der Waals surface area contributed by atoms with Crippen LogP contribution in [0, 0.1) is 0 Å². The molecule has 0 heterocycles. The lowest BCUT2D eigenvalue weighted by atomic mass is 10.1. The van der Waals surface area contributed by atoms with Crippen molar-refractivity contribution in [2.24, 2.45) is 0 Å². The predicted octanol–water partition coefficient (Wildman–Crippen LogP) is 12.7. The van der Waals surface area contributed by atoms with E-state index >= 15 is 0 Å². The highest BCUT2D eigenvalue weighted by molar-refractivity contribution is 7.47. The van der Waals surface area contributed by atoms with E-state index in [4.69, 9.17) is 18.5 Å². The molecule has 0 aliphatic carbocycles. The van der Waals surface area contributed by atoms with Gasteiger partial charge in [0.05, 0.1) is 21.1 Å². The number of allylic oxidation sites excluding steroid dienone is 4. The molecule has 0 radical (unpaired) electrons. The number of esters is 2. The summed E-state index contributed by atoms with van der Waals surface area (Å²) in [6.07, 6.45) is 40.2. The van der Waals surface area contributed by atoms with Gasteiger partial charge >= 0.3 is 19.8 Å². The average Bonchev–Trinajstić information content (AvgIpc) is 3.12. The molecule has 9 nitrogen and oxygen atoms in total. The zero-order chi connectivity index (χ0) is 40.9. The fourth-order valence-electron chi connectivity index (χ4n) is 6.10. The zero-order valence-corrected chi connectivity index (χ0v) is 37.5. The van der Waals surface area contributed by atoms with Crippen LogP contribution in [0.25, 0.3) is 0 Å². The monoisotopic (exact) mass is 801 g/mol.